The standard InChI is InChI=1S/C9H14N4/c1-7-3-5-8(6-4-7)13(2)9(10)12-11/h3-6H,11H2,1-2H3,(H2,10,12). The molecule has 0 saturated heterocycles. The fraction of sp³-hybridized carbons (Fsp3) is 0.222. The van der Waals surface area contributed by atoms with Gasteiger partial charge in [-0.15, -0.1) is 5.10 Å². The van der Waals surface area contributed by atoms with Crippen molar-refractivity contribution in [2.24, 2.45) is 16.7 Å². The molecule has 1 aromatic carbocycles. The summed E-state index contributed by atoms with van der Waals surface area (Å²) in [5, 5.41) is 3.41. The van der Waals surface area contributed by atoms with Crippen molar-refractivity contribution in [2.45, 2.75) is 6.92 Å². The van der Waals surface area contributed by atoms with Gasteiger partial charge in [0.25, 0.3) is 0 Å². The van der Waals surface area contributed by atoms with Crippen LogP contribution in [0.5, 0.6) is 0 Å². The van der Waals surface area contributed by atoms with E-state index in [0.29, 0.717) is 5.96 Å². The van der Waals surface area contributed by atoms with Crippen molar-refractivity contribution in [2.75, 3.05) is 11.9 Å². The van der Waals surface area contributed by atoms with Crippen LogP contribution in [0.3, 0.4) is 0 Å². The van der Waals surface area contributed by atoms with E-state index in [1.807, 2.05) is 38.2 Å². The number of rotatable bonds is 1. The summed E-state index contributed by atoms with van der Waals surface area (Å²) in [6.45, 7) is 2.03. The number of hydrogen-bond acceptors (Lipinski definition) is 2. The lowest BCUT2D eigenvalue weighted by Crippen LogP contribution is -2.34. The Kier molecular flexibility index (Phi) is 2.74. The Labute approximate surface area is 77.8 Å². The summed E-state index contributed by atoms with van der Waals surface area (Å²) in [5.74, 6) is 5.36. The van der Waals surface area contributed by atoms with Crippen molar-refractivity contribution >= 4 is 11.6 Å². The zero-order valence-corrected chi connectivity index (χ0v) is 7.86. The SMILES string of the molecule is Cc1ccc(N(C)C(N)=NN)cc1. The zero-order valence-electron chi connectivity index (χ0n) is 7.86. The van der Waals surface area contributed by atoms with Gasteiger partial charge >= 0.3 is 0 Å². The summed E-state index contributed by atoms with van der Waals surface area (Å²) in [7, 11) is 1.82. The van der Waals surface area contributed by atoms with Gasteiger partial charge in [-0.05, 0) is 19.1 Å². The zero-order chi connectivity index (χ0) is 9.84. The molecular weight excluding hydrogens is 164 g/mol. The summed E-state index contributed by atoms with van der Waals surface area (Å²) >= 11 is 0. The molecule has 70 valence electrons. The second kappa shape index (κ2) is 3.80. The molecule has 1 aromatic rings. The van der Waals surface area contributed by atoms with Gasteiger partial charge in [0, 0.05) is 12.7 Å². The maximum absolute atomic E-state index is 5.54. The van der Waals surface area contributed by atoms with Gasteiger partial charge in [0.05, 0.1) is 0 Å². The molecule has 0 unspecified atom stereocenters. The van der Waals surface area contributed by atoms with Crippen LogP contribution in [0.4, 0.5) is 5.69 Å². The summed E-state index contributed by atoms with van der Waals surface area (Å²) in [4.78, 5) is 1.72. The summed E-state index contributed by atoms with van der Waals surface area (Å²) < 4.78 is 0. The normalized spacial score (nSPS) is 11.4. The Balaban J connectivity index is 2.89. The number of aryl methyl sites for hydroxylation is 1. The molecule has 4 heteroatoms. The van der Waals surface area contributed by atoms with Gasteiger partial charge in [0.1, 0.15) is 0 Å². The molecule has 0 bridgehead atoms. The van der Waals surface area contributed by atoms with Gasteiger partial charge in [-0.25, -0.2) is 0 Å². The van der Waals surface area contributed by atoms with Gasteiger partial charge in [-0.2, -0.15) is 0 Å². The molecule has 0 heterocycles. The molecule has 4 N–H and O–H groups in total. The molecule has 0 spiro atoms. The quantitative estimate of drug-likeness (QED) is 0.287. The minimum Gasteiger partial charge on any atom is -0.368 e. The van der Waals surface area contributed by atoms with Crippen LogP contribution < -0.4 is 16.5 Å². The Bertz CT molecular complexity index is 302. The number of anilines is 1. The second-order valence-electron chi connectivity index (χ2n) is 2.88. The molecule has 0 atom stereocenters. The number of hydrogen-bond donors (Lipinski definition) is 2. The smallest absolute Gasteiger partial charge is 0.217 e. The predicted molar refractivity (Wildman–Crippen MR) is 55.4 cm³/mol. The van der Waals surface area contributed by atoms with E-state index < -0.39 is 0 Å². The summed E-state index contributed by atoms with van der Waals surface area (Å²) in [5.41, 5.74) is 7.72. The Morgan fingerprint density at radius 1 is 1.31 bits per heavy atom. The van der Waals surface area contributed by atoms with Crippen LogP contribution in [0.25, 0.3) is 0 Å². The third kappa shape index (κ3) is 2.11. The van der Waals surface area contributed by atoms with E-state index in [1.54, 1.807) is 4.90 Å². The lowest BCUT2D eigenvalue weighted by molar-refractivity contribution is 1.14. The van der Waals surface area contributed by atoms with Crippen LogP contribution in [0.2, 0.25) is 0 Å². The molecule has 13 heavy (non-hydrogen) atoms. The molecule has 0 aliphatic carbocycles. The maximum Gasteiger partial charge on any atom is 0.217 e. The summed E-state index contributed by atoms with van der Waals surface area (Å²) in [6.07, 6.45) is 0. The van der Waals surface area contributed by atoms with Gasteiger partial charge < -0.3 is 16.5 Å². The average Bonchev–Trinajstić information content (AvgIpc) is 2.17. The van der Waals surface area contributed by atoms with E-state index in [9.17, 15) is 0 Å². The highest BCUT2D eigenvalue weighted by atomic mass is 15.3. The van der Waals surface area contributed by atoms with E-state index >= 15 is 0 Å². The number of guanidine groups is 1. The van der Waals surface area contributed by atoms with E-state index in [0.717, 1.165) is 5.69 Å². The van der Waals surface area contributed by atoms with Crippen molar-refractivity contribution in [3.05, 3.63) is 29.8 Å². The molecule has 0 radical (unpaired) electrons. The Morgan fingerprint density at radius 3 is 2.31 bits per heavy atom. The molecule has 0 amide bonds. The number of benzene rings is 1. The Morgan fingerprint density at radius 2 is 1.85 bits per heavy atom. The molecule has 0 saturated carbocycles. The first kappa shape index (κ1) is 9.38. The van der Waals surface area contributed by atoms with Gasteiger partial charge in [-0.3, -0.25) is 0 Å². The average molecular weight is 178 g/mol. The highest BCUT2D eigenvalue weighted by Gasteiger charge is 2.02. The molecule has 0 aromatic heterocycles. The highest BCUT2D eigenvalue weighted by molar-refractivity contribution is 5.93. The van der Waals surface area contributed by atoms with Crippen molar-refractivity contribution in [1.82, 2.24) is 0 Å². The van der Waals surface area contributed by atoms with E-state index in [-0.39, 0.29) is 0 Å². The molecule has 1 rings (SSSR count). The minimum absolute atomic E-state index is 0.295. The molecule has 0 aliphatic heterocycles. The van der Waals surface area contributed by atoms with Crippen molar-refractivity contribution < 1.29 is 0 Å². The third-order valence-electron chi connectivity index (χ3n) is 1.90. The van der Waals surface area contributed by atoms with E-state index in [2.05, 4.69) is 5.10 Å². The largest absolute Gasteiger partial charge is 0.368 e. The second-order valence-corrected chi connectivity index (χ2v) is 2.88. The number of nitrogens with zero attached hydrogens (tertiary/aromatic N) is 2. The van der Waals surface area contributed by atoms with Crippen LogP contribution in [0.15, 0.2) is 29.4 Å². The molecule has 0 aliphatic rings. The third-order valence-corrected chi connectivity index (χ3v) is 1.90. The minimum atomic E-state index is 0.295. The maximum atomic E-state index is 5.54. The van der Waals surface area contributed by atoms with Crippen LogP contribution in [0, 0.1) is 6.92 Å². The van der Waals surface area contributed by atoms with E-state index in [1.165, 1.54) is 5.56 Å². The first-order valence-corrected chi connectivity index (χ1v) is 3.99. The predicted octanol–water partition coefficient (Wildman–Crippen LogP) is 0.620. The first-order chi connectivity index (χ1) is 6.15. The lowest BCUT2D eigenvalue weighted by Gasteiger charge is -2.17. The molecule has 4 nitrogen and oxygen atoms in total. The number of hydrazone groups is 1. The topological polar surface area (TPSA) is 67.6 Å². The first-order valence-electron chi connectivity index (χ1n) is 3.99. The van der Waals surface area contributed by atoms with Crippen molar-refractivity contribution in [3.8, 4) is 0 Å². The van der Waals surface area contributed by atoms with Crippen molar-refractivity contribution in [3.63, 3.8) is 0 Å². The van der Waals surface area contributed by atoms with Gasteiger partial charge in [0.15, 0.2) is 0 Å². The Hall–Kier alpha value is -1.71. The van der Waals surface area contributed by atoms with Crippen LogP contribution in [0.1, 0.15) is 5.56 Å². The fourth-order valence-corrected chi connectivity index (χ4v) is 0.987. The van der Waals surface area contributed by atoms with Gasteiger partial charge in [0.2, 0.25) is 5.96 Å². The van der Waals surface area contributed by atoms with E-state index in [4.69, 9.17) is 11.6 Å². The van der Waals surface area contributed by atoms with Crippen LogP contribution >= 0.6 is 0 Å². The summed E-state index contributed by atoms with van der Waals surface area (Å²) in [6, 6.07) is 7.95. The lowest BCUT2D eigenvalue weighted by atomic mass is 10.2. The highest BCUT2D eigenvalue weighted by Crippen LogP contribution is 2.12. The monoisotopic (exact) mass is 178 g/mol. The van der Waals surface area contributed by atoms with Crippen LogP contribution in [-0.2, 0) is 0 Å². The molecule has 0 fully saturated rings. The van der Waals surface area contributed by atoms with Crippen molar-refractivity contribution in [1.29, 1.82) is 0 Å². The fourth-order valence-electron chi connectivity index (χ4n) is 0.987. The molecular formula is C9H14N4. The van der Waals surface area contributed by atoms with Gasteiger partial charge in [-0.1, -0.05) is 17.7 Å². The number of nitrogens with two attached hydrogens (primary N) is 2. The van der Waals surface area contributed by atoms with Crippen LogP contribution in [-0.4, -0.2) is 13.0 Å².